The van der Waals surface area contributed by atoms with Crippen molar-refractivity contribution >= 4 is 18.5 Å². The molecule has 96 valence electrons. The van der Waals surface area contributed by atoms with Gasteiger partial charge in [-0.05, 0) is 40.2 Å². The predicted molar refractivity (Wildman–Crippen MR) is 67.1 cm³/mol. The number of carbonyl (C=O) groups excluding carboxylic acids is 1. The Morgan fingerprint density at radius 3 is 2.56 bits per heavy atom. The van der Waals surface area contributed by atoms with Crippen molar-refractivity contribution < 1.29 is 9.53 Å². The molecule has 0 aliphatic carbocycles. The minimum atomic E-state index is -0.408. The van der Waals surface area contributed by atoms with Gasteiger partial charge in [0.05, 0.1) is 0 Å². The lowest BCUT2D eigenvalue weighted by molar-refractivity contribution is 0.0286. The predicted octanol–water partition coefficient (Wildman–Crippen LogP) is 2.03. The second kappa shape index (κ2) is 6.30. The van der Waals surface area contributed by atoms with Crippen LogP contribution in [0, 0.1) is 0 Å². The second-order valence-corrected chi connectivity index (χ2v) is 5.15. The molecule has 0 unspecified atom stereocenters. The van der Waals surface area contributed by atoms with E-state index < -0.39 is 5.60 Å². The van der Waals surface area contributed by atoms with Gasteiger partial charge >= 0.3 is 6.09 Å². The van der Waals surface area contributed by atoms with Crippen molar-refractivity contribution in [2.24, 2.45) is 0 Å². The van der Waals surface area contributed by atoms with Crippen molar-refractivity contribution in [3.05, 3.63) is 0 Å². The molecule has 0 aromatic heterocycles. The Hall–Kier alpha value is -0.480. The van der Waals surface area contributed by atoms with Crippen LogP contribution in [0.25, 0.3) is 0 Å². The number of rotatable bonds is 2. The molecular weight excluding hydrogens is 228 g/mol. The normalized spacial score (nSPS) is 20.1. The summed E-state index contributed by atoms with van der Waals surface area (Å²) < 4.78 is 5.27. The van der Waals surface area contributed by atoms with E-state index >= 15 is 0 Å². The molecular formula is C11H23ClN2O2. The molecule has 5 heteroatoms. The monoisotopic (exact) mass is 250 g/mol. The first-order valence-electron chi connectivity index (χ1n) is 5.56. The van der Waals surface area contributed by atoms with Gasteiger partial charge in [-0.2, -0.15) is 0 Å². The van der Waals surface area contributed by atoms with Crippen LogP contribution in [0.15, 0.2) is 0 Å². The summed E-state index contributed by atoms with van der Waals surface area (Å²) in [5.74, 6) is 0. The lowest BCUT2D eigenvalue weighted by atomic mass is 10.2. The van der Waals surface area contributed by atoms with Gasteiger partial charge in [-0.3, -0.25) is 0 Å². The van der Waals surface area contributed by atoms with Crippen LogP contribution in [0.1, 0.15) is 33.6 Å². The molecule has 4 nitrogen and oxygen atoms in total. The van der Waals surface area contributed by atoms with Gasteiger partial charge in [0.2, 0.25) is 0 Å². The number of halogens is 1. The van der Waals surface area contributed by atoms with E-state index in [9.17, 15) is 4.79 Å². The van der Waals surface area contributed by atoms with Gasteiger partial charge in [0.15, 0.2) is 0 Å². The lowest BCUT2D eigenvalue weighted by Gasteiger charge is -2.26. The van der Waals surface area contributed by atoms with Crippen molar-refractivity contribution in [1.82, 2.24) is 10.2 Å². The van der Waals surface area contributed by atoms with E-state index in [0.29, 0.717) is 6.04 Å². The fourth-order valence-electron chi connectivity index (χ4n) is 1.66. The first-order chi connectivity index (χ1) is 6.88. The molecule has 0 spiro atoms. The molecule has 1 aliphatic heterocycles. The number of likely N-dealkylation sites (N-methyl/N-ethyl adjacent to an activating group) is 1. The number of ether oxygens (including phenoxy) is 1. The zero-order chi connectivity index (χ0) is 11.5. The van der Waals surface area contributed by atoms with Gasteiger partial charge in [0.25, 0.3) is 0 Å². The third-order valence-corrected chi connectivity index (χ3v) is 2.36. The molecule has 1 heterocycles. The topological polar surface area (TPSA) is 41.6 Å². The SMILES string of the molecule is CN(C[C@H]1CCCN1)C(=O)OC(C)(C)C.Cl. The molecule has 1 aliphatic rings. The Labute approximate surface area is 104 Å². The van der Waals surface area contributed by atoms with E-state index in [1.165, 1.54) is 6.42 Å². The minimum absolute atomic E-state index is 0. The Morgan fingerprint density at radius 2 is 2.12 bits per heavy atom. The van der Waals surface area contributed by atoms with E-state index in [-0.39, 0.29) is 18.5 Å². The average molecular weight is 251 g/mol. The standard InChI is InChI=1S/C11H22N2O2.ClH/c1-11(2,3)15-10(14)13(4)8-9-6-5-7-12-9;/h9,12H,5-8H2,1-4H3;1H/t9-;/m1./s1. The summed E-state index contributed by atoms with van der Waals surface area (Å²) >= 11 is 0. The minimum Gasteiger partial charge on any atom is -0.444 e. The summed E-state index contributed by atoms with van der Waals surface area (Å²) in [4.78, 5) is 13.3. The maximum atomic E-state index is 11.6. The summed E-state index contributed by atoms with van der Waals surface area (Å²) in [6.07, 6.45) is 2.11. The van der Waals surface area contributed by atoms with E-state index in [2.05, 4.69) is 5.32 Å². The maximum absolute atomic E-state index is 11.6. The highest BCUT2D eigenvalue weighted by atomic mass is 35.5. The van der Waals surface area contributed by atoms with Crippen LogP contribution in [0.4, 0.5) is 4.79 Å². The molecule has 1 atom stereocenters. The Balaban J connectivity index is 0.00000225. The highest BCUT2D eigenvalue weighted by molar-refractivity contribution is 5.85. The summed E-state index contributed by atoms with van der Waals surface area (Å²) in [5.41, 5.74) is -0.408. The lowest BCUT2D eigenvalue weighted by Crippen LogP contribution is -2.41. The quantitative estimate of drug-likeness (QED) is 0.816. The fraction of sp³-hybridized carbons (Fsp3) is 0.909. The number of carbonyl (C=O) groups is 1. The van der Waals surface area contributed by atoms with Gasteiger partial charge in [0.1, 0.15) is 5.60 Å². The summed E-state index contributed by atoms with van der Waals surface area (Å²) in [7, 11) is 1.79. The van der Waals surface area contributed by atoms with Crippen molar-refractivity contribution in [2.45, 2.75) is 45.3 Å². The van der Waals surface area contributed by atoms with E-state index in [0.717, 1.165) is 19.5 Å². The van der Waals surface area contributed by atoms with E-state index in [1.54, 1.807) is 11.9 Å². The Morgan fingerprint density at radius 1 is 1.50 bits per heavy atom. The van der Waals surface area contributed by atoms with Crippen molar-refractivity contribution in [3.63, 3.8) is 0 Å². The molecule has 0 radical (unpaired) electrons. The molecule has 0 bridgehead atoms. The number of amides is 1. The number of nitrogens with zero attached hydrogens (tertiary/aromatic N) is 1. The molecule has 1 N–H and O–H groups in total. The van der Waals surface area contributed by atoms with E-state index in [1.807, 2.05) is 20.8 Å². The number of hydrogen-bond acceptors (Lipinski definition) is 3. The number of nitrogens with one attached hydrogen (secondary N) is 1. The summed E-state index contributed by atoms with van der Waals surface area (Å²) in [5, 5.41) is 3.36. The van der Waals surface area contributed by atoms with Crippen molar-refractivity contribution in [3.8, 4) is 0 Å². The van der Waals surface area contributed by atoms with Crippen LogP contribution < -0.4 is 5.32 Å². The highest BCUT2D eigenvalue weighted by Crippen LogP contribution is 2.11. The third kappa shape index (κ3) is 5.56. The van der Waals surface area contributed by atoms with E-state index in [4.69, 9.17) is 4.74 Å². The van der Waals surface area contributed by atoms with Crippen LogP contribution in [0.5, 0.6) is 0 Å². The maximum Gasteiger partial charge on any atom is 0.410 e. The average Bonchev–Trinajstić information content (AvgIpc) is 2.53. The molecule has 0 saturated carbocycles. The fourth-order valence-corrected chi connectivity index (χ4v) is 1.66. The molecule has 1 rings (SSSR count). The van der Waals surface area contributed by atoms with Crippen LogP contribution in [-0.2, 0) is 4.74 Å². The Bertz CT molecular complexity index is 223. The zero-order valence-electron chi connectivity index (χ0n) is 10.6. The highest BCUT2D eigenvalue weighted by Gasteiger charge is 2.23. The largest absolute Gasteiger partial charge is 0.444 e. The van der Waals surface area contributed by atoms with Gasteiger partial charge in [0, 0.05) is 19.6 Å². The van der Waals surface area contributed by atoms with Crippen LogP contribution in [-0.4, -0.2) is 42.8 Å². The van der Waals surface area contributed by atoms with Crippen LogP contribution >= 0.6 is 12.4 Å². The number of hydrogen-bond donors (Lipinski definition) is 1. The second-order valence-electron chi connectivity index (χ2n) is 5.15. The zero-order valence-corrected chi connectivity index (χ0v) is 11.4. The van der Waals surface area contributed by atoms with Gasteiger partial charge in [-0.25, -0.2) is 4.79 Å². The Kier molecular flexibility index (Phi) is 6.11. The molecule has 16 heavy (non-hydrogen) atoms. The van der Waals surface area contributed by atoms with Gasteiger partial charge in [-0.15, -0.1) is 12.4 Å². The molecule has 1 fully saturated rings. The first kappa shape index (κ1) is 15.5. The molecule has 1 amide bonds. The molecule has 0 aromatic rings. The third-order valence-electron chi connectivity index (χ3n) is 2.36. The summed E-state index contributed by atoms with van der Waals surface area (Å²) in [6, 6.07) is 0.433. The van der Waals surface area contributed by atoms with Crippen molar-refractivity contribution in [1.29, 1.82) is 0 Å². The smallest absolute Gasteiger partial charge is 0.410 e. The van der Waals surface area contributed by atoms with Crippen molar-refractivity contribution in [2.75, 3.05) is 20.1 Å². The first-order valence-corrected chi connectivity index (χ1v) is 5.56. The summed E-state index contributed by atoms with van der Waals surface area (Å²) in [6.45, 7) is 7.44. The van der Waals surface area contributed by atoms with Crippen LogP contribution in [0.2, 0.25) is 0 Å². The van der Waals surface area contributed by atoms with Crippen LogP contribution in [0.3, 0.4) is 0 Å². The van der Waals surface area contributed by atoms with Gasteiger partial charge in [-0.1, -0.05) is 0 Å². The van der Waals surface area contributed by atoms with Gasteiger partial charge < -0.3 is 15.0 Å². The molecule has 0 aromatic carbocycles. The molecule has 1 saturated heterocycles.